The summed E-state index contributed by atoms with van der Waals surface area (Å²) in [6.07, 6.45) is 1.10. The Morgan fingerprint density at radius 1 is 1.33 bits per heavy atom. The molecule has 1 fully saturated rings. The van der Waals surface area contributed by atoms with E-state index in [-0.39, 0.29) is 0 Å². The summed E-state index contributed by atoms with van der Waals surface area (Å²) in [6, 6.07) is 7.87. The van der Waals surface area contributed by atoms with Gasteiger partial charge in [0.1, 0.15) is 5.82 Å². The topological polar surface area (TPSA) is 73.1 Å². The van der Waals surface area contributed by atoms with Crippen LogP contribution in [-0.2, 0) is 4.74 Å². The van der Waals surface area contributed by atoms with Gasteiger partial charge in [0.15, 0.2) is 0 Å². The maximum atomic E-state index is 5.72. The molecule has 0 radical (unpaired) electrons. The molecule has 18 heavy (non-hydrogen) atoms. The number of benzene rings is 1. The van der Waals surface area contributed by atoms with Crippen molar-refractivity contribution in [1.82, 2.24) is 9.97 Å². The van der Waals surface area contributed by atoms with Crippen LogP contribution in [0, 0.1) is 5.92 Å². The molecule has 1 aromatic carbocycles. The molecule has 1 saturated heterocycles. The predicted octanol–water partition coefficient (Wildman–Crippen LogP) is 1.66. The van der Waals surface area contributed by atoms with E-state index in [0.29, 0.717) is 11.9 Å². The zero-order valence-corrected chi connectivity index (χ0v) is 10.1. The summed E-state index contributed by atoms with van der Waals surface area (Å²) in [7, 11) is 0. The number of ether oxygens (including phenoxy) is 1. The van der Waals surface area contributed by atoms with Crippen molar-refractivity contribution in [2.45, 2.75) is 6.42 Å². The SMILES string of the molecule is Nc1nc(NCC2CCOC2)c2ccccc2n1. The highest BCUT2D eigenvalue weighted by atomic mass is 16.5. The maximum Gasteiger partial charge on any atom is 0.222 e. The summed E-state index contributed by atoms with van der Waals surface area (Å²) in [6.45, 7) is 2.55. The maximum absolute atomic E-state index is 5.72. The van der Waals surface area contributed by atoms with Crippen molar-refractivity contribution in [2.75, 3.05) is 30.8 Å². The summed E-state index contributed by atoms with van der Waals surface area (Å²) in [5.41, 5.74) is 6.59. The van der Waals surface area contributed by atoms with E-state index < -0.39 is 0 Å². The summed E-state index contributed by atoms with van der Waals surface area (Å²) < 4.78 is 5.36. The molecule has 0 amide bonds. The molecule has 0 saturated carbocycles. The number of fused-ring (bicyclic) bond motifs is 1. The van der Waals surface area contributed by atoms with E-state index in [9.17, 15) is 0 Å². The molecule has 2 heterocycles. The van der Waals surface area contributed by atoms with Crippen LogP contribution in [-0.4, -0.2) is 29.7 Å². The number of aromatic nitrogens is 2. The second kappa shape index (κ2) is 4.78. The lowest BCUT2D eigenvalue weighted by Gasteiger charge is -2.12. The molecule has 0 spiro atoms. The van der Waals surface area contributed by atoms with Crippen LogP contribution in [0.4, 0.5) is 11.8 Å². The van der Waals surface area contributed by atoms with Crippen molar-refractivity contribution in [3.8, 4) is 0 Å². The van der Waals surface area contributed by atoms with Gasteiger partial charge in [-0.05, 0) is 18.6 Å². The molecular formula is C13H16N4O. The molecule has 2 aromatic rings. The molecule has 1 unspecified atom stereocenters. The second-order valence-electron chi connectivity index (χ2n) is 4.56. The minimum atomic E-state index is 0.305. The Bertz CT molecular complexity index is 552. The van der Waals surface area contributed by atoms with E-state index in [0.717, 1.165) is 42.9 Å². The van der Waals surface area contributed by atoms with Gasteiger partial charge in [-0.15, -0.1) is 0 Å². The van der Waals surface area contributed by atoms with Crippen LogP contribution < -0.4 is 11.1 Å². The van der Waals surface area contributed by atoms with Crippen molar-refractivity contribution in [3.05, 3.63) is 24.3 Å². The lowest BCUT2D eigenvalue weighted by molar-refractivity contribution is 0.187. The Morgan fingerprint density at radius 3 is 3.06 bits per heavy atom. The molecule has 1 aliphatic rings. The fourth-order valence-electron chi connectivity index (χ4n) is 2.21. The molecule has 94 valence electrons. The molecule has 1 aliphatic heterocycles. The van der Waals surface area contributed by atoms with Crippen LogP contribution in [0.3, 0.4) is 0 Å². The number of nitrogens with two attached hydrogens (primary N) is 1. The Kier molecular flexibility index (Phi) is 2.98. The third-order valence-corrected chi connectivity index (χ3v) is 3.20. The van der Waals surface area contributed by atoms with Crippen LogP contribution >= 0.6 is 0 Å². The Hall–Kier alpha value is -1.88. The van der Waals surface area contributed by atoms with Crippen molar-refractivity contribution in [1.29, 1.82) is 0 Å². The first-order valence-electron chi connectivity index (χ1n) is 6.17. The molecule has 0 bridgehead atoms. The number of hydrogen-bond acceptors (Lipinski definition) is 5. The van der Waals surface area contributed by atoms with Crippen LogP contribution in [0.15, 0.2) is 24.3 Å². The van der Waals surface area contributed by atoms with Gasteiger partial charge in [0.25, 0.3) is 0 Å². The van der Waals surface area contributed by atoms with Gasteiger partial charge >= 0.3 is 0 Å². The average Bonchev–Trinajstić information content (AvgIpc) is 2.89. The van der Waals surface area contributed by atoms with Crippen molar-refractivity contribution in [3.63, 3.8) is 0 Å². The molecule has 5 nitrogen and oxygen atoms in total. The van der Waals surface area contributed by atoms with Crippen molar-refractivity contribution >= 4 is 22.7 Å². The predicted molar refractivity (Wildman–Crippen MR) is 71.4 cm³/mol. The smallest absolute Gasteiger partial charge is 0.222 e. The number of hydrogen-bond donors (Lipinski definition) is 2. The number of rotatable bonds is 3. The van der Waals surface area contributed by atoms with Gasteiger partial charge in [-0.3, -0.25) is 0 Å². The van der Waals surface area contributed by atoms with Gasteiger partial charge in [-0.25, -0.2) is 4.98 Å². The molecule has 0 aliphatic carbocycles. The third kappa shape index (κ3) is 2.22. The first-order chi connectivity index (χ1) is 8.83. The normalized spacial score (nSPS) is 19.2. The largest absolute Gasteiger partial charge is 0.381 e. The molecule has 1 atom stereocenters. The Balaban J connectivity index is 1.85. The lowest BCUT2D eigenvalue weighted by atomic mass is 10.1. The van der Waals surface area contributed by atoms with Crippen LogP contribution in [0.1, 0.15) is 6.42 Å². The number of para-hydroxylation sites is 1. The highest BCUT2D eigenvalue weighted by molar-refractivity contribution is 5.89. The number of anilines is 2. The fourth-order valence-corrected chi connectivity index (χ4v) is 2.21. The Labute approximate surface area is 105 Å². The van der Waals surface area contributed by atoms with Gasteiger partial charge in [-0.1, -0.05) is 12.1 Å². The molecular weight excluding hydrogens is 228 g/mol. The van der Waals surface area contributed by atoms with Gasteiger partial charge < -0.3 is 15.8 Å². The van der Waals surface area contributed by atoms with E-state index >= 15 is 0 Å². The Morgan fingerprint density at radius 2 is 2.22 bits per heavy atom. The second-order valence-corrected chi connectivity index (χ2v) is 4.56. The van der Waals surface area contributed by atoms with E-state index in [1.165, 1.54) is 0 Å². The fraction of sp³-hybridized carbons (Fsp3) is 0.385. The summed E-state index contributed by atoms with van der Waals surface area (Å²) >= 11 is 0. The van der Waals surface area contributed by atoms with E-state index in [4.69, 9.17) is 10.5 Å². The number of nitrogens with one attached hydrogen (secondary N) is 1. The van der Waals surface area contributed by atoms with E-state index in [1.54, 1.807) is 0 Å². The van der Waals surface area contributed by atoms with Crippen LogP contribution in [0.2, 0.25) is 0 Å². The number of nitrogen functional groups attached to an aromatic ring is 1. The first kappa shape index (κ1) is 11.2. The molecule has 3 rings (SSSR count). The van der Waals surface area contributed by atoms with Crippen molar-refractivity contribution in [2.24, 2.45) is 5.92 Å². The van der Waals surface area contributed by atoms with Crippen molar-refractivity contribution < 1.29 is 4.74 Å². The van der Waals surface area contributed by atoms with Gasteiger partial charge in [0.2, 0.25) is 5.95 Å². The third-order valence-electron chi connectivity index (χ3n) is 3.20. The zero-order valence-electron chi connectivity index (χ0n) is 10.1. The van der Waals surface area contributed by atoms with Gasteiger partial charge in [0.05, 0.1) is 12.1 Å². The first-order valence-corrected chi connectivity index (χ1v) is 6.17. The summed E-state index contributed by atoms with van der Waals surface area (Å²) in [4.78, 5) is 8.50. The standard InChI is InChI=1S/C13H16N4O/c14-13-16-11-4-2-1-3-10(11)12(17-13)15-7-9-5-6-18-8-9/h1-4,9H,5-8H2,(H3,14,15,16,17). The molecule has 3 N–H and O–H groups in total. The monoisotopic (exact) mass is 244 g/mol. The number of nitrogens with zero attached hydrogens (tertiary/aromatic N) is 2. The summed E-state index contributed by atoms with van der Waals surface area (Å²) in [5.74, 6) is 1.67. The minimum Gasteiger partial charge on any atom is -0.381 e. The highest BCUT2D eigenvalue weighted by Gasteiger charge is 2.16. The zero-order chi connectivity index (χ0) is 12.4. The minimum absolute atomic E-state index is 0.305. The van der Waals surface area contributed by atoms with Crippen LogP contribution in [0.5, 0.6) is 0 Å². The lowest BCUT2D eigenvalue weighted by Crippen LogP contribution is -2.15. The van der Waals surface area contributed by atoms with E-state index in [1.807, 2.05) is 24.3 Å². The molecule has 1 aromatic heterocycles. The van der Waals surface area contributed by atoms with Gasteiger partial charge in [-0.2, -0.15) is 4.98 Å². The summed E-state index contributed by atoms with van der Waals surface area (Å²) in [5, 5.41) is 4.36. The van der Waals surface area contributed by atoms with E-state index in [2.05, 4.69) is 15.3 Å². The highest BCUT2D eigenvalue weighted by Crippen LogP contribution is 2.22. The van der Waals surface area contributed by atoms with Crippen LogP contribution in [0.25, 0.3) is 10.9 Å². The quantitative estimate of drug-likeness (QED) is 0.859. The average molecular weight is 244 g/mol. The van der Waals surface area contributed by atoms with Gasteiger partial charge in [0, 0.05) is 24.5 Å². The molecule has 5 heteroatoms.